The first-order chi connectivity index (χ1) is 10.5. The van der Waals surface area contributed by atoms with Gasteiger partial charge in [0.15, 0.2) is 0 Å². The molecule has 2 aromatic heterocycles. The molecule has 0 atom stereocenters. The van der Waals surface area contributed by atoms with Crippen LogP contribution < -0.4 is 11.3 Å². The molecule has 0 aliphatic carbocycles. The molecule has 0 fully saturated rings. The highest BCUT2D eigenvalue weighted by atomic mass is 32.1. The van der Waals surface area contributed by atoms with Crippen LogP contribution in [0, 0.1) is 6.92 Å². The Hall–Kier alpha value is -1.77. The number of hydrogen-bond acceptors (Lipinski definition) is 6. The van der Waals surface area contributed by atoms with E-state index in [-0.39, 0.29) is 5.56 Å². The van der Waals surface area contributed by atoms with E-state index in [2.05, 4.69) is 4.98 Å². The maximum atomic E-state index is 12.8. The lowest BCUT2D eigenvalue weighted by Gasteiger charge is -2.11. The molecule has 0 bridgehead atoms. The van der Waals surface area contributed by atoms with Crippen molar-refractivity contribution in [3.05, 3.63) is 26.6 Å². The average molecular weight is 325 g/mol. The van der Waals surface area contributed by atoms with Crippen molar-refractivity contribution in [2.45, 2.75) is 19.9 Å². The van der Waals surface area contributed by atoms with E-state index in [1.54, 1.807) is 25.7 Å². The minimum Gasteiger partial charge on any atom is -0.384 e. The zero-order valence-electron chi connectivity index (χ0n) is 12.8. The molecule has 0 unspecified atom stereocenters. The van der Waals surface area contributed by atoms with Gasteiger partial charge in [-0.2, -0.15) is 0 Å². The second-order valence-corrected chi connectivity index (χ2v) is 5.82. The van der Waals surface area contributed by atoms with Crippen LogP contribution in [-0.2, 0) is 22.4 Å². The van der Waals surface area contributed by atoms with Crippen LogP contribution in [-0.4, -0.2) is 42.9 Å². The number of thiophene rings is 1. The number of ether oxygens (including phenoxy) is 2. The van der Waals surface area contributed by atoms with Gasteiger partial charge in [0.05, 0.1) is 30.0 Å². The molecule has 2 heterocycles. The Balaban J connectivity index is 2.66. The first kappa shape index (κ1) is 16.6. The number of fused-ring (bicyclic) bond motifs is 1. The molecule has 120 valence electrons. The van der Waals surface area contributed by atoms with E-state index in [1.165, 1.54) is 0 Å². The van der Waals surface area contributed by atoms with Crippen LogP contribution in [0.2, 0.25) is 0 Å². The molecular formula is C14H19N3O4S. The van der Waals surface area contributed by atoms with Gasteiger partial charge < -0.3 is 15.2 Å². The van der Waals surface area contributed by atoms with E-state index in [1.807, 2.05) is 0 Å². The van der Waals surface area contributed by atoms with E-state index in [4.69, 9.17) is 15.2 Å². The summed E-state index contributed by atoms with van der Waals surface area (Å²) in [5.74, 6) is 0.0791. The van der Waals surface area contributed by atoms with E-state index in [0.29, 0.717) is 52.7 Å². The number of carbonyl (C=O) groups excluding carboxylic acids is 1. The standard InChI is InChI=1S/C14H19N3O4S/c1-8-10-13(22-11(8)12(15)18)16-9(4-6-20-2)17(14(10)19)5-7-21-3/h4-7H2,1-3H3,(H2,15,18). The van der Waals surface area contributed by atoms with Crippen molar-refractivity contribution in [3.63, 3.8) is 0 Å². The Morgan fingerprint density at radius 3 is 2.59 bits per heavy atom. The van der Waals surface area contributed by atoms with Crippen molar-refractivity contribution in [3.8, 4) is 0 Å². The van der Waals surface area contributed by atoms with Gasteiger partial charge in [0, 0.05) is 20.6 Å². The van der Waals surface area contributed by atoms with Gasteiger partial charge in [0.2, 0.25) is 0 Å². The summed E-state index contributed by atoms with van der Waals surface area (Å²) in [4.78, 5) is 29.7. The molecule has 7 nitrogen and oxygen atoms in total. The third-order valence-electron chi connectivity index (χ3n) is 3.40. The fraction of sp³-hybridized carbons (Fsp3) is 0.500. The van der Waals surface area contributed by atoms with Gasteiger partial charge in [0.1, 0.15) is 10.7 Å². The van der Waals surface area contributed by atoms with Gasteiger partial charge in [-0.1, -0.05) is 0 Å². The molecule has 0 aliphatic heterocycles. The predicted molar refractivity (Wildman–Crippen MR) is 84.6 cm³/mol. The van der Waals surface area contributed by atoms with E-state index >= 15 is 0 Å². The van der Waals surface area contributed by atoms with Gasteiger partial charge in [-0.15, -0.1) is 11.3 Å². The van der Waals surface area contributed by atoms with Gasteiger partial charge >= 0.3 is 0 Å². The largest absolute Gasteiger partial charge is 0.384 e. The number of nitrogens with zero attached hydrogens (tertiary/aromatic N) is 2. The summed E-state index contributed by atoms with van der Waals surface area (Å²) in [5.41, 5.74) is 5.78. The number of hydrogen-bond donors (Lipinski definition) is 1. The fourth-order valence-electron chi connectivity index (χ4n) is 2.29. The lowest BCUT2D eigenvalue weighted by atomic mass is 10.2. The summed E-state index contributed by atoms with van der Waals surface area (Å²) in [6.45, 7) is 2.98. The molecule has 8 heteroatoms. The first-order valence-corrected chi connectivity index (χ1v) is 7.63. The van der Waals surface area contributed by atoms with E-state index in [0.717, 1.165) is 11.3 Å². The Morgan fingerprint density at radius 1 is 1.32 bits per heavy atom. The number of aryl methyl sites for hydroxylation is 1. The van der Waals surface area contributed by atoms with Gasteiger partial charge in [-0.25, -0.2) is 4.98 Å². The molecular weight excluding hydrogens is 306 g/mol. The normalized spacial score (nSPS) is 11.2. The zero-order chi connectivity index (χ0) is 16.3. The molecule has 0 aromatic carbocycles. The third kappa shape index (κ3) is 3.03. The number of primary amides is 1. The molecule has 2 N–H and O–H groups in total. The second-order valence-electron chi connectivity index (χ2n) is 4.82. The van der Waals surface area contributed by atoms with E-state index in [9.17, 15) is 9.59 Å². The molecule has 0 spiro atoms. The van der Waals surface area contributed by atoms with Gasteiger partial charge in [-0.05, 0) is 12.5 Å². The Bertz CT molecular complexity index is 751. The van der Waals surface area contributed by atoms with Gasteiger partial charge in [0.25, 0.3) is 11.5 Å². The van der Waals surface area contributed by atoms with Crippen LogP contribution in [0.3, 0.4) is 0 Å². The summed E-state index contributed by atoms with van der Waals surface area (Å²) >= 11 is 1.16. The summed E-state index contributed by atoms with van der Waals surface area (Å²) < 4.78 is 11.7. The highest BCUT2D eigenvalue weighted by Gasteiger charge is 2.20. The van der Waals surface area contributed by atoms with Crippen LogP contribution in [0.25, 0.3) is 10.2 Å². The number of rotatable bonds is 7. The molecule has 22 heavy (non-hydrogen) atoms. The zero-order valence-corrected chi connectivity index (χ0v) is 13.7. The van der Waals surface area contributed by atoms with Crippen LogP contribution >= 0.6 is 11.3 Å². The maximum Gasteiger partial charge on any atom is 0.262 e. The van der Waals surface area contributed by atoms with Crippen molar-refractivity contribution in [1.82, 2.24) is 9.55 Å². The molecule has 0 saturated heterocycles. The van der Waals surface area contributed by atoms with Crippen LogP contribution in [0.4, 0.5) is 0 Å². The SMILES string of the molecule is COCCc1nc2sc(C(N)=O)c(C)c2c(=O)n1CCOC. The average Bonchev–Trinajstić information content (AvgIpc) is 2.81. The molecule has 0 aliphatic rings. The molecule has 1 amide bonds. The van der Waals surface area contributed by atoms with E-state index < -0.39 is 5.91 Å². The quantitative estimate of drug-likeness (QED) is 0.808. The number of methoxy groups -OCH3 is 2. The predicted octanol–water partition coefficient (Wildman–Crippen LogP) is 0.701. The maximum absolute atomic E-state index is 12.8. The molecule has 0 saturated carbocycles. The Kier molecular flexibility index (Phi) is 5.28. The monoisotopic (exact) mass is 325 g/mol. The van der Waals surface area contributed by atoms with Crippen LogP contribution in [0.1, 0.15) is 21.1 Å². The second kappa shape index (κ2) is 6.99. The van der Waals surface area contributed by atoms with Crippen molar-refractivity contribution >= 4 is 27.5 Å². The lowest BCUT2D eigenvalue weighted by Crippen LogP contribution is -2.27. The highest BCUT2D eigenvalue weighted by molar-refractivity contribution is 7.20. The third-order valence-corrected chi connectivity index (χ3v) is 4.60. The first-order valence-electron chi connectivity index (χ1n) is 6.81. The topological polar surface area (TPSA) is 96.4 Å². The van der Waals surface area contributed by atoms with Crippen LogP contribution in [0.5, 0.6) is 0 Å². The molecule has 0 radical (unpaired) electrons. The Labute approximate surface area is 131 Å². The fourth-order valence-corrected chi connectivity index (χ4v) is 3.33. The smallest absolute Gasteiger partial charge is 0.262 e. The summed E-state index contributed by atoms with van der Waals surface area (Å²) in [6, 6.07) is 0. The van der Waals surface area contributed by atoms with Crippen molar-refractivity contribution in [2.24, 2.45) is 5.73 Å². The van der Waals surface area contributed by atoms with Crippen molar-refractivity contribution in [2.75, 3.05) is 27.4 Å². The van der Waals surface area contributed by atoms with Crippen molar-refractivity contribution < 1.29 is 14.3 Å². The molecule has 2 aromatic rings. The molecule has 2 rings (SSSR count). The minimum absolute atomic E-state index is 0.172. The number of amides is 1. The Morgan fingerprint density at radius 2 is 2.00 bits per heavy atom. The number of carbonyl (C=O) groups is 1. The summed E-state index contributed by atoms with van der Waals surface area (Å²) in [6.07, 6.45) is 0.508. The lowest BCUT2D eigenvalue weighted by molar-refractivity contribution is 0.100. The van der Waals surface area contributed by atoms with Gasteiger partial charge in [-0.3, -0.25) is 14.2 Å². The van der Waals surface area contributed by atoms with Crippen LogP contribution in [0.15, 0.2) is 4.79 Å². The van der Waals surface area contributed by atoms with Crippen molar-refractivity contribution in [1.29, 1.82) is 0 Å². The highest BCUT2D eigenvalue weighted by Crippen LogP contribution is 2.27. The number of nitrogens with two attached hydrogens (primary N) is 1. The minimum atomic E-state index is -0.540. The summed E-state index contributed by atoms with van der Waals surface area (Å²) in [7, 11) is 3.17. The summed E-state index contributed by atoms with van der Waals surface area (Å²) in [5, 5.41) is 0.455. The number of aromatic nitrogens is 2.